The number of nitrogens with zero attached hydrogens (tertiary/aromatic N) is 2. The number of hydrogen-bond donors (Lipinski definition) is 1. The number of esters is 1. The first-order valence-electron chi connectivity index (χ1n) is 7.76. The summed E-state index contributed by atoms with van der Waals surface area (Å²) in [6.07, 6.45) is 2.25. The molecule has 0 aliphatic heterocycles. The third kappa shape index (κ3) is 4.44. The van der Waals surface area contributed by atoms with Crippen molar-refractivity contribution in [3.05, 3.63) is 30.6 Å². The lowest BCUT2D eigenvalue weighted by atomic mass is 9.99. The SMILES string of the molecule is CC[C@@H](C)[C@H](NC(=O)CSc1ncnc2ccccc12)C(=O)OC. The zero-order chi connectivity index (χ0) is 17.5. The highest BCUT2D eigenvalue weighted by Crippen LogP contribution is 2.24. The number of benzene rings is 1. The van der Waals surface area contributed by atoms with Crippen molar-refractivity contribution in [1.82, 2.24) is 15.3 Å². The molecule has 2 rings (SSSR count). The molecule has 0 aliphatic carbocycles. The fourth-order valence-electron chi connectivity index (χ4n) is 2.24. The molecule has 0 saturated heterocycles. The first kappa shape index (κ1) is 18.2. The summed E-state index contributed by atoms with van der Waals surface area (Å²) in [5.74, 6) is -0.467. The summed E-state index contributed by atoms with van der Waals surface area (Å²) in [4.78, 5) is 32.5. The highest BCUT2D eigenvalue weighted by molar-refractivity contribution is 8.00. The Bertz CT molecular complexity index is 718. The van der Waals surface area contributed by atoms with Crippen LogP contribution in [0, 0.1) is 5.92 Å². The Morgan fingerprint density at radius 2 is 2.04 bits per heavy atom. The number of carbonyl (C=O) groups is 2. The van der Waals surface area contributed by atoms with Crippen molar-refractivity contribution in [2.45, 2.75) is 31.3 Å². The van der Waals surface area contributed by atoms with Gasteiger partial charge in [0.1, 0.15) is 17.4 Å². The molecule has 0 aliphatic rings. The normalized spacial score (nSPS) is 13.3. The summed E-state index contributed by atoms with van der Waals surface area (Å²) < 4.78 is 4.78. The molecule has 0 spiro atoms. The number of ether oxygens (including phenoxy) is 1. The molecule has 0 saturated carbocycles. The molecule has 1 aromatic carbocycles. The van der Waals surface area contributed by atoms with Crippen LogP contribution in [0.25, 0.3) is 10.9 Å². The Labute approximate surface area is 145 Å². The standard InChI is InChI=1S/C17H21N3O3S/c1-4-11(2)15(17(22)23-3)20-14(21)9-24-16-12-7-5-6-8-13(12)18-10-19-16/h5-8,10-11,15H,4,9H2,1-3H3,(H,20,21)/t11-,15+/m1/s1. The van der Waals surface area contributed by atoms with Gasteiger partial charge in [0.05, 0.1) is 18.4 Å². The number of hydrogen-bond acceptors (Lipinski definition) is 6. The number of para-hydroxylation sites is 1. The fourth-order valence-corrected chi connectivity index (χ4v) is 3.04. The van der Waals surface area contributed by atoms with Crippen LogP contribution in [0.2, 0.25) is 0 Å². The Morgan fingerprint density at radius 3 is 2.75 bits per heavy atom. The van der Waals surface area contributed by atoms with Gasteiger partial charge in [-0.1, -0.05) is 50.2 Å². The second-order valence-electron chi connectivity index (χ2n) is 5.44. The van der Waals surface area contributed by atoms with Gasteiger partial charge in [-0.15, -0.1) is 0 Å². The Morgan fingerprint density at radius 1 is 1.29 bits per heavy atom. The summed E-state index contributed by atoms with van der Waals surface area (Å²) in [6, 6.07) is 7.01. The Kier molecular flexibility index (Phi) is 6.54. The van der Waals surface area contributed by atoms with E-state index >= 15 is 0 Å². The minimum absolute atomic E-state index is 0.00582. The molecular formula is C17H21N3O3S. The molecular weight excluding hydrogens is 326 g/mol. The largest absolute Gasteiger partial charge is 0.467 e. The Hall–Kier alpha value is -2.15. The van der Waals surface area contributed by atoms with E-state index in [1.165, 1.54) is 25.2 Å². The van der Waals surface area contributed by atoms with Gasteiger partial charge in [0.15, 0.2) is 0 Å². The summed E-state index contributed by atoms with van der Waals surface area (Å²) in [6.45, 7) is 3.88. The van der Waals surface area contributed by atoms with Crippen LogP contribution in [0.5, 0.6) is 0 Å². The summed E-state index contributed by atoms with van der Waals surface area (Å²) in [7, 11) is 1.33. The third-order valence-corrected chi connectivity index (χ3v) is 4.84. The monoisotopic (exact) mass is 347 g/mol. The number of nitrogens with one attached hydrogen (secondary N) is 1. The quantitative estimate of drug-likeness (QED) is 0.471. The molecule has 7 heteroatoms. The van der Waals surface area contributed by atoms with E-state index in [0.29, 0.717) is 0 Å². The number of fused-ring (bicyclic) bond motifs is 1. The van der Waals surface area contributed by atoms with Crippen LogP contribution in [0.4, 0.5) is 0 Å². The van der Waals surface area contributed by atoms with Crippen molar-refractivity contribution < 1.29 is 14.3 Å². The highest BCUT2D eigenvalue weighted by Gasteiger charge is 2.26. The molecule has 1 heterocycles. The molecule has 128 valence electrons. The molecule has 24 heavy (non-hydrogen) atoms. The van der Waals surface area contributed by atoms with Gasteiger partial charge in [0, 0.05) is 5.39 Å². The predicted molar refractivity (Wildman–Crippen MR) is 93.7 cm³/mol. The molecule has 1 N–H and O–H groups in total. The maximum Gasteiger partial charge on any atom is 0.328 e. The van der Waals surface area contributed by atoms with Gasteiger partial charge in [-0.25, -0.2) is 14.8 Å². The molecule has 0 unspecified atom stereocenters. The molecule has 1 aromatic heterocycles. The van der Waals surface area contributed by atoms with Crippen LogP contribution < -0.4 is 5.32 Å². The molecule has 0 fully saturated rings. The summed E-state index contributed by atoms with van der Waals surface area (Å²) in [5.41, 5.74) is 0.836. The number of amides is 1. The van der Waals surface area contributed by atoms with Crippen molar-refractivity contribution in [3.8, 4) is 0 Å². The Balaban J connectivity index is 2.02. The molecule has 2 aromatic rings. The topological polar surface area (TPSA) is 81.2 Å². The molecule has 2 atom stereocenters. The smallest absolute Gasteiger partial charge is 0.328 e. The van der Waals surface area contributed by atoms with Crippen LogP contribution in [-0.4, -0.2) is 40.7 Å². The molecule has 0 bridgehead atoms. The minimum atomic E-state index is -0.629. The lowest BCUT2D eigenvalue weighted by Crippen LogP contribution is -2.46. The number of aromatic nitrogens is 2. The third-order valence-electron chi connectivity index (χ3n) is 3.83. The van der Waals surface area contributed by atoms with Crippen LogP contribution in [0.15, 0.2) is 35.6 Å². The highest BCUT2D eigenvalue weighted by atomic mass is 32.2. The van der Waals surface area contributed by atoms with Crippen molar-refractivity contribution in [3.63, 3.8) is 0 Å². The van der Waals surface area contributed by atoms with Gasteiger partial charge in [-0.3, -0.25) is 4.79 Å². The molecule has 6 nitrogen and oxygen atoms in total. The van der Waals surface area contributed by atoms with Crippen molar-refractivity contribution >= 4 is 34.5 Å². The van der Waals surface area contributed by atoms with Gasteiger partial charge in [0.25, 0.3) is 0 Å². The molecule has 0 radical (unpaired) electrons. The van der Waals surface area contributed by atoms with Crippen molar-refractivity contribution in [2.24, 2.45) is 5.92 Å². The van der Waals surface area contributed by atoms with Crippen LogP contribution in [-0.2, 0) is 14.3 Å². The minimum Gasteiger partial charge on any atom is -0.467 e. The van der Waals surface area contributed by atoms with E-state index in [2.05, 4.69) is 15.3 Å². The summed E-state index contributed by atoms with van der Waals surface area (Å²) >= 11 is 1.32. The summed E-state index contributed by atoms with van der Waals surface area (Å²) in [5, 5.41) is 4.41. The number of thioether (sulfide) groups is 1. The second-order valence-corrected chi connectivity index (χ2v) is 6.40. The van der Waals surface area contributed by atoms with E-state index in [0.717, 1.165) is 22.3 Å². The van der Waals surface area contributed by atoms with Gasteiger partial charge in [0.2, 0.25) is 5.91 Å². The van der Waals surface area contributed by atoms with Crippen LogP contribution >= 0.6 is 11.8 Å². The van der Waals surface area contributed by atoms with Crippen LogP contribution in [0.3, 0.4) is 0 Å². The first-order valence-corrected chi connectivity index (χ1v) is 8.75. The van der Waals surface area contributed by atoms with Crippen molar-refractivity contribution in [2.75, 3.05) is 12.9 Å². The fraction of sp³-hybridized carbons (Fsp3) is 0.412. The van der Waals surface area contributed by atoms with Gasteiger partial charge in [-0.05, 0) is 12.0 Å². The van der Waals surface area contributed by atoms with E-state index < -0.39 is 12.0 Å². The van der Waals surface area contributed by atoms with Gasteiger partial charge < -0.3 is 10.1 Å². The first-order chi connectivity index (χ1) is 11.6. The van der Waals surface area contributed by atoms with E-state index in [4.69, 9.17) is 4.74 Å². The van der Waals surface area contributed by atoms with Gasteiger partial charge in [-0.2, -0.15) is 0 Å². The van der Waals surface area contributed by atoms with Gasteiger partial charge >= 0.3 is 5.97 Å². The van der Waals surface area contributed by atoms with E-state index in [9.17, 15) is 9.59 Å². The molecule has 1 amide bonds. The average Bonchev–Trinajstić information content (AvgIpc) is 2.63. The maximum absolute atomic E-state index is 12.2. The zero-order valence-electron chi connectivity index (χ0n) is 14.0. The van der Waals surface area contributed by atoms with Crippen LogP contribution in [0.1, 0.15) is 20.3 Å². The number of carbonyl (C=O) groups excluding carboxylic acids is 2. The van der Waals surface area contributed by atoms with E-state index in [-0.39, 0.29) is 17.6 Å². The maximum atomic E-state index is 12.2. The average molecular weight is 347 g/mol. The lowest BCUT2D eigenvalue weighted by Gasteiger charge is -2.21. The number of methoxy groups -OCH3 is 1. The van der Waals surface area contributed by atoms with E-state index in [1.807, 2.05) is 38.1 Å². The van der Waals surface area contributed by atoms with E-state index in [1.54, 1.807) is 0 Å². The lowest BCUT2D eigenvalue weighted by molar-refractivity contribution is -0.146. The second kappa shape index (κ2) is 8.63. The van der Waals surface area contributed by atoms with Crippen molar-refractivity contribution in [1.29, 1.82) is 0 Å². The predicted octanol–water partition coefficient (Wildman–Crippen LogP) is 2.43. The zero-order valence-corrected chi connectivity index (χ0v) is 14.8. The number of rotatable bonds is 7.